The molecule has 0 spiro atoms. The van der Waals surface area contributed by atoms with Crippen molar-refractivity contribution in [1.82, 2.24) is 15.0 Å². The van der Waals surface area contributed by atoms with Crippen molar-refractivity contribution in [3.8, 4) is 28.6 Å². The Labute approximate surface area is 207 Å². The molecule has 0 aliphatic rings. The summed E-state index contributed by atoms with van der Waals surface area (Å²) >= 11 is 0. The molecule has 0 fully saturated rings. The van der Waals surface area contributed by atoms with Gasteiger partial charge in [0.25, 0.3) is 0 Å². The molecule has 2 heterocycles. The minimum Gasteiger partial charge on any atom is -0.507 e. The zero-order valence-electron chi connectivity index (χ0n) is 19.8. The van der Waals surface area contributed by atoms with Crippen molar-refractivity contribution < 1.29 is 19.0 Å². The van der Waals surface area contributed by atoms with Gasteiger partial charge in [0, 0.05) is 36.7 Å². The molecule has 5 rings (SSSR count). The topological polar surface area (TPSA) is 99.6 Å². The number of nitrogens with zero attached hydrogens (tertiary/aromatic N) is 3. The van der Waals surface area contributed by atoms with E-state index < -0.39 is 0 Å². The van der Waals surface area contributed by atoms with Gasteiger partial charge in [0.05, 0.1) is 12.8 Å². The fourth-order valence-electron chi connectivity index (χ4n) is 3.86. The van der Waals surface area contributed by atoms with E-state index in [0.29, 0.717) is 37.7 Å². The van der Waals surface area contributed by atoms with Crippen LogP contribution >= 0.6 is 0 Å². The minimum absolute atomic E-state index is 0.130. The molecule has 0 unspecified atom stereocenters. The van der Waals surface area contributed by atoms with Gasteiger partial charge < -0.3 is 19.0 Å². The molecule has 8 heteroatoms. The van der Waals surface area contributed by atoms with E-state index in [2.05, 4.69) is 10.3 Å². The molecule has 8 nitrogen and oxygen atoms in total. The second-order valence-corrected chi connectivity index (χ2v) is 8.44. The number of hydrogen-bond acceptors (Lipinski definition) is 7. The van der Waals surface area contributed by atoms with Crippen LogP contribution in [0, 0.1) is 6.92 Å². The fourth-order valence-corrected chi connectivity index (χ4v) is 3.86. The molecule has 182 valence electrons. The van der Waals surface area contributed by atoms with Gasteiger partial charge in [-0.2, -0.15) is 0 Å². The average Bonchev–Trinajstić information content (AvgIpc) is 3.33. The van der Waals surface area contributed by atoms with E-state index in [0.717, 1.165) is 22.6 Å². The summed E-state index contributed by atoms with van der Waals surface area (Å²) in [5.41, 5.74) is 2.60. The summed E-state index contributed by atoms with van der Waals surface area (Å²) in [4.78, 5) is 12.6. The number of aromatic hydroxyl groups is 1. The molecule has 0 saturated heterocycles. The predicted molar refractivity (Wildman–Crippen MR) is 135 cm³/mol. The summed E-state index contributed by atoms with van der Waals surface area (Å²) < 4.78 is 19.2. The first-order chi connectivity index (χ1) is 17.5. The van der Waals surface area contributed by atoms with Gasteiger partial charge in [-0.25, -0.2) is 0 Å². The van der Waals surface area contributed by atoms with Crippen LogP contribution in [-0.4, -0.2) is 26.7 Å². The van der Waals surface area contributed by atoms with Crippen molar-refractivity contribution in [2.75, 3.05) is 6.61 Å². The highest BCUT2D eigenvalue weighted by molar-refractivity contribution is 5.86. The molecule has 0 radical (unpaired) electrons. The number of fused-ring (bicyclic) bond motifs is 1. The highest BCUT2D eigenvalue weighted by Crippen LogP contribution is 2.31. The van der Waals surface area contributed by atoms with Gasteiger partial charge >= 0.3 is 0 Å². The first kappa shape index (κ1) is 23.2. The van der Waals surface area contributed by atoms with Crippen LogP contribution in [0.25, 0.3) is 22.3 Å². The molecule has 5 aromatic rings. The third-order valence-electron chi connectivity index (χ3n) is 5.60. The van der Waals surface area contributed by atoms with Crippen molar-refractivity contribution >= 4 is 11.0 Å². The number of benzene rings is 3. The van der Waals surface area contributed by atoms with Gasteiger partial charge in [0.15, 0.2) is 5.43 Å². The number of aryl methyl sites for hydroxylation is 2. The summed E-state index contributed by atoms with van der Waals surface area (Å²) in [6, 6.07) is 21.6. The number of rotatable bonds is 9. The van der Waals surface area contributed by atoms with E-state index in [9.17, 15) is 9.90 Å². The number of phenols is 1. The molecule has 0 saturated carbocycles. The lowest BCUT2D eigenvalue weighted by molar-refractivity contribution is 0.296. The third-order valence-corrected chi connectivity index (χ3v) is 5.60. The second-order valence-electron chi connectivity index (χ2n) is 8.44. The summed E-state index contributed by atoms with van der Waals surface area (Å²) in [5, 5.41) is 18.8. The largest absolute Gasteiger partial charge is 0.507 e. The van der Waals surface area contributed by atoms with Crippen molar-refractivity contribution in [1.29, 1.82) is 0 Å². The van der Waals surface area contributed by atoms with Crippen LogP contribution in [0.1, 0.15) is 17.7 Å². The third kappa shape index (κ3) is 5.38. The summed E-state index contributed by atoms with van der Waals surface area (Å²) in [6.45, 7) is 3.33. The maximum Gasteiger partial charge on any atom is 0.197 e. The van der Waals surface area contributed by atoms with Crippen LogP contribution in [0.5, 0.6) is 17.2 Å². The quantitative estimate of drug-likeness (QED) is 0.291. The molecule has 0 bridgehead atoms. The van der Waals surface area contributed by atoms with E-state index in [4.69, 9.17) is 13.9 Å². The highest BCUT2D eigenvalue weighted by atomic mass is 16.5. The number of hydrogen-bond donors (Lipinski definition) is 1. The Morgan fingerprint density at radius 1 is 0.972 bits per heavy atom. The lowest BCUT2D eigenvalue weighted by Crippen LogP contribution is -2.06. The fraction of sp³-hybridized carbons (Fsp3) is 0.179. The Morgan fingerprint density at radius 3 is 2.67 bits per heavy atom. The Balaban J connectivity index is 1.19. The summed E-state index contributed by atoms with van der Waals surface area (Å²) in [6.07, 6.45) is 2.51. The zero-order chi connectivity index (χ0) is 24.9. The van der Waals surface area contributed by atoms with Crippen LogP contribution in [0.4, 0.5) is 0 Å². The van der Waals surface area contributed by atoms with Crippen LogP contribution in [-0.2, 0) is 13.2 Å². The first-order valence-corrected chi connectivity index (χ1v) is 11.6. The van der Waals surface area contributed by atoms with Gasteiger partial charge in [0.2, 0.25) is 0 Å². The monoisotopic (exact) mass is 483 g/mol. The lowest BCUT2D eigenvalue weighted by Gasteiger charge is -2.09. The van der Waals surface area contributed by atoms with E-state index in [1.165, 1.54) is 12.1 Å². The van der Waals surface area contributed by atoms with Crippen molar-refractivity contribution in [3.63, 3.8) is 0 Å². The SMILES string of the molecule is Cc1cccc(OCc2cn(CCCOc3cc(O)c4c(=O)cc(-c5ccccc5)oc4c3)nn2)c1. The lowest BCUT2D eigenvalue weighted by atomic mass is 10.1. The molecule has 0 amide bonds. The van der Waals surface area contributed by atoms with Crippen LogP contribution in [0.3, 0.4) is 0 Å². The van der Waals surface area contributed by atoms with Crippen molar-refractivity contribution in [2.24, 2.45) is 0 Å². The van der Waals surface area contributed by atoms with Gasteiger partial charge in [-0.05, 0) is 24.6 Å². The van der Waals surface area contributed by atoms with E-state index in [-0.39, 0.29) is 22.1 Å². The number of ether oxygens (including phenoxy) is 2. The molecule has 0 aliphatic carbocycles. The van der Waals surface area contributed by atoms with Crippen molar-refractivity contribution in [3.05, 3.63) is 100 Å². The normalized spacial score (nSPS) is 11.0. The van der Waals surface area contributed by atoms with E-state index in [1.54, 1.807) is 10.7 Å². The van der Waals surface area contributed by atoms with Crippen LogP contribution < -0.4 is 14.9 Å². The second kappa shape index (κ2) is 10.4. The smallest absolute Gasteiger partial charge is 0.197 e. The molecule has 0 aliphatic heterocycles. The first-order valence-electron chi connectivity index (χ1n) is 11.6. The number of aromatic nitrogens is 3. The standard InChI is InChI=1S/C28H25N3O5/c1-19-7-5-10-22(13-19)35-18-21-17-31(30-29-21)11-6-12-34-23-14-24(32)28-25(33)16-26(36-27(28)15-23)20-8-3-2-4-9-20/h2-5,7-10,13-17,32H,6,11-12,18H2,1H3. The van der Waals surface area contributed by atoms with E-state index in [1.807, 2.05) is 67.7 Å². The Kier molecular flexibility index (Phi) is 6.66. The maximum atomic E-state index is 12.6. The summed E-state index contributed by atoms with van der Waals surface area (Å²) in [7, 11) is 0. The highest BCUT2D eigenvalue weighted by Gasteiger charge is 2.13. The van der Waals surface area contributed by atoms with Crippen LogP contribution in [0.15, 0.2) is 88.2 Å². The van der Waals surface area contributed by atoms with Crippen LogP contribution in [0.2, 0.25) is 0 Å². The predicted octanol–water partition coefficient (Wildman–Crippen LogP) is 5.11. The average molecular weight is 484 g/mol. The van der Waals surface area contributed by atoms with Gasteiger partial charge in [0.1, 0.15) is 46.3 Å². The van der Waals surface area contributed by atoms with Gasteiger partial charge in [-0.15, -0.1) is 5.10 Å². The summed E-state index contributed by atoms with van der Waals surface area (Å²) in [5.74, 6) is 1.46. The Morgan fingerprint density at radius 2 is 1.83 bits per heavy atom. The zero-order valence-corrected chi connectivity index (χ0v) is 19.8. The van der Waals surface area contributed by atoms with Crippen molar-refractivity contribution in [2.45, 2.75) is 26.5 Å². The molecule has 2 aromatic heterocycles. The molecule has 36 heavy (non-hydrogen) atoms. The Bertz CT molecular complexity index is 1540. The number of phenolic OH excluding ortho intramolecular Hbond substituents is 1. The molecular weight excluding hydrogens is 458 g/mol. The minimum atomic E-state index is -0.312. The van der Waals surface area contributed by atoms with E-state index >= 15 is 0 Å². The molecular formula is C28H25N3O5. The molecule has 0 atom stereocenters. The van der Waals surface area contributed by atoms with Gasteiger partial charge in [-0.3, -0.25) is 9.48 Å². The molecule has 1 N–H and O–H groups in total. The Hall–Kier alpha value is -4.59. The molecule has 3 aromatic carbocycles. The van der Waals surface area contributed by atoms with Gasteiger partial charge in [-0.1, -0.05) is 47.7 Å². The maximum absolute atomic E-state index is 12.6.